The molecule has 20 heavy (non-hydrogen) atoms. The molecule has 0 spiro atoms. The predicted octanol–water partition coefficient (Wildman–Crippen LogP) is 1.29. The molecule has 1 aromatic carbocycles. The summed E-state index contributed by atoms with van der Waals surface area (Å²) in [5.74, 6) is -0.230. The zero-order valence-corrected chi connectivity index (χ0v) is 12.1. The van der Waals surface area contributed by atoms with Crippen LogP contribution in [-0.4, -0.2) is 25.4 Å². The maximum absolute atomic E-state index is 12.0. The van der Waals surface area contributed by atoms with Gasteiger partial charge in [-0.3, -0.25) is 9.59 Å². The predicted molar refractivity (Wildman–Crippen MR) is 80.3 cm³/mol. The van der Waals surface area contributed by atoms with E-state index in [0.717, 1.165) is 24.1 Å². The molecule has 1 rings (SSSR count). The first-order chi connectivity index (χ1) is 9.60. The number of nitrogens with one attached hydrogen (secondary N) is 2. The third-order valence-corrected chi connectivity index (χ3v) is 3.16. The number of hydrogen-bond donors (Lipinski definition) is 3. The van der Waals surface area contributed by atoms with E-state index >= 15 is 0 Å². The summed E-state index contributed by atoms with van der Waals surface area (Å²) in [6.07, 6.45) is 2.06. The molecular weight excluding hydrogens is 254 g/mol. The Bertz CT molecular complexity index is 443. The van der Waals surface area contributed by atoms with Crippen LogP contribution in [0.3, 0.4) is 0 Å². The average Bonchev–Trinajstić information content (AvgIpc) is 2.46. The quantitative estimate of drug-likeness (QED) is 0.702. The molecule has 0 saturated heterocycles. The van der Waals surface area contributed by atoms with Gasteiger partial charge in [0.15, 0.2) is 0 Å². The molecule has 0 aliphatic rings. The fraction of sp³-hybridized carbons (Fsp3) is 0.467. The van der Waals surface area contributed by atoms with Crippen LogP contribution in [0, 0.1) is 5.92 Å². The van der Waals surface area contributed by atoms with Gasteiger partial charge in [0.25, 0.3) is 0 Å². The van der Waals surface area contributed by atoms with E-state index in [1.807, 2.05) is 19.1 Å². The molecule has 0 aliphatic heterocycles. The number of anilines is 1. The Morgan fingerprint density at radius 1 is 1.25 bits per heavy atom. The molecule has 1 unspecified atom stereocenters. The minimum absolute atomic E-state index is 0.0343. The molecule has 1 aromatic rings. The van der Waals surface area contributed by atoms with Gasteiger partial charge in [0.1, 0.15) is 0 Å². The number of carbonyl (C=O) groups is 2. The van der Waals surface area contributed by atoms with Crippen molar-refractivity contribution in [2.24, 2.45) is 11.7 Å². The third kappa shape index (κ3) is 5.01. The van der Waals surface area contributed by atoms with Crippen molar-refractivity contribution in [1.82, 2.24) is 5.32 Å². The monoisotopic (exact) mass is 277 g/mol. The largest absolute Gasteiger partial charge is 0.359 e. The molecule has 110 valence electrons. The summed E-state index contributed by atoms with van der Waals surface area (Å²) in [7, 11) is 1.61. The van der Waals surface area contributed by atoms with Crippen molar-refractivity contribution in [2.45, 2.75) is 26.2 Å². The molecule has 0 fully saturated rings. The summed E-state index contributed by atoms with van der Waals surface area (Å²) in [5.41, 5.74) is 7.24. The van der Waals surface area contributed by atoms with Crippen LogP contribution in [0.25, 0.3) is 0 Å². The number of hydrogen-bond acceptors (Lipinski definition) is 3. The maximum Gasteiger partial charge on any atom is 0.228 e. The highest BCUT2D eigenvalue weighted by Gasteiger charge is 2.15. The van der Waals surface area contributed by atoms with Crippen LogP contribution in [-0.2, 0) is 16.0 Å². The van der Waals surface area contributed by atoms with Gasteiger partial charge in [0, 0.05) is 19.3 Å². The molecule has 0 radical (unpaired) electrons. The lowest BCUT2D eigenvalue weighted by molar-refractivity contribution is -0.120. The van der Waals surface area contributed by atoms with Gasteiger partial charge in [0.05, 0.1) is 12.3 Å². The van der Waals surface area contributed by atoms with E-state index in [4.69, 9.17) is 5.73 Å². The maximum atomic E-state index is 12.0. The van der Waals surface area contributed by atoms with Crippen molar-refractivity contribution >= 4 is 17.5 Å². The van der Waals surface area contributed by atoms with Crippen LogP contribution < -0.4 is 16.4 Å². The van der Waals surface area contributed by atoms with Gasteiger partial charge in [-0.15, -0.1) is 0 Å². The molecule has 0 bridgehead atoms. The Balaban J connectivity index is 2.60. The second-order valence-electron chi connectivity index (χ2n) is 4.76. The van der Waals surface area contributed by atoms with Crippen LogP contribution in [0.2, 0.25) is 0 Å². The van der Waals surface area contributed by atoms with Gasteiger partial charge in [0.2, 0.25) is 11.8 Å². The van der Waals surface area contributed by atoms with Crippen molar-refractivity contribution in [1.29, 1.82) is 0 Å². The van der Waals surface area contributed by atoms with E-state index in [0.29, 0.717) is 13.0 Å². The highest BCUT2D eigenvalue weighted by Crippen LogP contribution is 2.13. The third-order valence-electron chi connectivity index (χ3n) is 3.16. The van der Waals surface area contributed by atoms with Crippen molar-refractivity contribution in [3.05, 3.63) is 29.8 Å². The van der Waals surface area contributed by atoms with E-state index < -0.39 is 0 Å². The molecule has 5 nitrogen and oxygen atoms in total. The zero-order chi connectivity index (χ0) is 15.0. The SMILES string of the molecule is CCCC(CN)C(=O)Nc1ccc(CC(=O)NC)cc1. The first-order valence-electron chi connectivity index (χ1n) is 6.91. The summed E-state index contributed by atoms with van der Waals surface area (Å²) in [6.45, 7) is 2.39. The Morgan fingerprint density at radius 2 is 1.90 bits per heavy atom. The van der Waals surface area contributed by atoms with Gasteiger partial charge < -0.3 is 16.4 Å². The molecule has 2 amide bonds. The van der Waals surface area contributed by atoms with Gasteiger partial charge in [-0.1, -0.05) is 25.5 Å². The second kappa shape index (κ2) is 8.32. The summed E-state index contributed by atoms with van der Waals surface area (Å²) in [6, 6.07) is 7.27. The molecule has 4 N–H and O–H groups in total. The van der Waals surface area contributed by atoms with Gasteiger partial charge in [-0.2, -0.15) is 0 Å². The van der Waals surface area contributed by atoms with Gasteiger partial charge >= 0.3 is 0 Å². The number of nitrogens with two attached hydrogens (primary N) is 1. The van der Waals surface area contributed by atoms with Crippen molar-refractivity contribution in [3.8, 4) is 0 Å². The molecule has 0 aromatic heterocycles. The lowest BCUT2D eigenvalue weighted by Gasteiger charge is -2.14. The molecule has 1 atom stereocenters. The topological polar surface area (TPSA) is 84.2 Å². The standard InChI is InChI=1S/C15H23N3O2/c1-3-4-12(10-16)15(20)18-13-7-5-11(6-8-13)9-14(19)17-2/h5-8,12H,3-4,9-10,16H2,1-2H3,(H,17,19)(H,18,20). The lowest BCUT2D eigenvalue weighted by atomic mass is 10.0. The normalized spacial score (nSPS) is 11.8. The van der Waals surface area contributed by atoms with Crippen molar-refractivity contribution < 1.29 is 9.59 Å². The smallest absolute Gasteiger partial charge is 0.228 e. The summed E-state index contributed by atoms with van der Waals surface area (Å²) in [4.78, 5) is 23.2. The fourth-order valence-electron chi connectivity index (χ4n) is 1.93. The highest BCUT2D eigenvalue weighted by molar-refractivity contribution is 5.92. The molecule has 0 heterocycles. The first kappa shape index (κ1) is 16.2. The van der Waals surface area contributed by atoms with Gasteiger partial charge in [-0.25, -0.2) is 0 Å². The van der Waals surface area contributed by atoms with Crippen LogP contribution in [0.5, 0.6) is 0 Å². The van der Waals surface area contributed by atoms with E-state index in [-0.39, 0.29) is 17.7 Å². The number of rotatable bonds is 7. The van der Waals surface area contributed by atoms with Crippen LogP contribution in [0.4, 0.5) is 5.69 Å². The molecule has 5 heteroatoms. The van der Waals surface area contributed by atoms with E-state index in [2.05, 4.69) is 10.6 Å². The van der Waals surface area contributed by atoms with Gasteiger partial charge in [-0.05, 0) is 24.1 Å². The van der Waals surface area contributed by atoms with Crippen LogP contribution in [0.15, 0.2) is 24.3 Å². The highest BCUT2D eigenvalue weighted by atomic mass is 16.2. The molecule has 0 saturated carbocycles. The Labute approximate surface area is 119 Å². The molecular formula is C15H23N3O2. The number of benzene rings is 1. The summed E-state index contributed by atoms with van der Waals surface area (Å²) in [5, 5.41) is 5.43. The first-order valence-corrected chi connectivity index (χ1v) is 6.91. The van der Waals surface area contributed by atoms with Crippen LogP contribution >= 0.6 is 0 Å². The number of amides is 2. The van der Waals surface area contributed by atoms with Crippen molar-refractivity contribution in [2.75, 3.05) is 18.9 Å². The van der Waals surface area contributed by atoms with E-state index in [9.17, 15) is 9.59 Å². The minimum Gasteiger partial charge on any atom is -0.359 e. The Morgan fingerprint density at radius 3 is 2.40 bits per heavy atom. The minimum atomic E-state index is -0.148. The lowest BCUT2D eigenvalue weighted by Crippen LogP contribution is -2.29. The number of carbonyl (C=O) groups excluding carboxylic acids is 2. The fourth-order valence-corrected chi connectivity index (χ4v) is 1.93. The second-order valence-corrected chi connectivity index (χ2v) is 4.76. The Kier molecular flexibility index (Phi) is 6.73. The van der Waals surface area contributed by atoms with E-state index in [1.165, 1.54) is 0 Å². The average molecular weight is 277 g/mol. The van der Waals surface area contributed by atoms with Crippen molar-refractivity contribution in [3.63, 3.8) is 0 Å². The Hall–Kier alpha value is -1.88. The number of likely N-dealkylation sites (N-methyl/N-ethyl adjacent to an activating group) is 1. The summed E-state index contributed by atoms with van der Waals surface area (Å²) < 4.78 is 0. The molecule has 0 aliphatic carbocycles. The van der Waals surface area contributed by atoms with E-state index in [1.54, 1.807) is 19.2 Å². The van der Waals surface area contributed by atoms with Crippen LogP contribution in [0.1, 0.15) is 25.3 Å². The summed E-state index contributed by atoms with van der Waals surface area (Å²) >= 11 is 0. The zero-order valence-electron chi connectivity index (χ0n) is 12.1.